The largest absolute Gasteiger partial charge is 0.497 e. The van der Waals surface area contributed by atoms with Gasteiger partial charge in [0.2, 0.25) is 0 Å². The molecule has 6 heteroatoms. The minimum absolute atomic E-state index is 0.0498. The average Bonchev–Trinajstić information content (AvgIpc) is 2.37. The van der Waals surface area contributed by atoms with Gasteiger partial charge in [-0.05, 0) is 31.9 Å². The van der Waals surface area contributed by atoms with E-state index in [0.29, 0.717) is 12.2 Å². The summed E-state index contributed by atoms with van der Waals surface area (Å²) in [6, 6.07) is 7.24. The first-order valence-electron chi connectivity index (χ1n) is 6.47. The SMILES string of the molecule is COc1cccc(NC(C)(CN)CCCC(F)(F)F)c1. The van der Waals surface area contributed by atoms with Gasteiger partial charge in [0.25, 0.3) is 0 Å². The maximum Gasteiger partial charge on any atom is 0.389 e. The second-order valence-electron chi connectivity index (χ2n) is 5.09. The van der Waals surface area contributed by atoms with E-state index >= 15 is 0 Å². The maximum absolute atomic E-state index is 12.2. The molecule has 0 aliphatic carbocycles. The molecule has 1 aromatic carbocycles. The molecule has 0 amide bonds. The van der Waals surface area contributed by atoms with Gasteiger partial charge in [0.05, 0.1) is 7.11 Å². The number of hydrogen-bond acceptors (Lipinski definition) is 3. The van der Waals surface area contributed by atoms with Gasteiger partial charge in [-0.25, -0.2) is 0 Å². The molecule has 0 spiro atoms. The summed E-state index contributed by atoms with van der Waals surface area (Å²) >= 11 is 0. The highest BCUT2D eigenvalue weighted by molar-refractivity contribution is 5.50. The lowest BCUT2D eigenvalue weighted by atomic mass is 9.94. The number of ether oxygens (including phenoxy) is 1. The second kappa shape index (κ2) is 6.83. The van der Waals surface area contributed by atoms with Crippen LogP contribution in [0.2, 0.25) is 0 Å². The Bertz CT molecular complexity index is 423. The van der Waals surface area contributed by atoms with E-state index in [4.69, 9.17) is 10.5 Å². The summed E-state index contributed by atoms with van der Waals surface area (Å²) in [6.07, 6.45) is -4.51. The van der Waals surface area contributed by atoms with Gasteiger partial charge < -0.3 is 15.8 Å². The van der Waals surface area contributed by atoms with Crippen molar-refractivity contribution in [3.05, 3.63) is 24.3 Å². The standard InChI is InChI=1S/C14H21F3N2O/c1-13(10-18,7-4-8-14(15,16)17)19-11-5-3-6-12(9-11)20-2/h3,5-6,9,19H,4,7-8,10,18H2,1-2H3. The molecule has 0 bridgehead atoms. The first-order chi connectivity index (χ1) is 9.28. The third kappa shape index (κ3) is 5.69. The zero-order valence-electron chi connectivity index (χ0n) is 11.8. The fourth-order valence-corrected chi connectivity index (χ4v) is 1.94. The summed E-state index contributed by atoms with van der Waals surface area (Å²) in [7, 11) is 1.56. The zero-order chi connectivity index (χ0) is 15.2. The topological polar surface area (TPSA) is 47.3 Å². The number of rotatable bonds is 7. The molecule has 0 radical (unpaired) electrons. The van der Waals surface area contributed by atoms with Crippen molar-refractivity contribution in [2.24, 2.45) is 5.73 Å². The van der Waals surface area contributed by atoms with Crippen molar-refractivity contribution in [2.45, 2.75) is 37.9 Å². The average molecular weight is 290 g/mol. The minimum Gasteiger partial charge on any atom is -0.497 e. The molecule has 1 aromatic rings. The van der Waals surface area contributed by atoms with Crippen LogP contribution in [0, 0.1) is 0 Å². The van der Waals surface area contributed by atoms with E-state index in [9.17, 15) is 13.2 Å². The number of hydrogen-bond donors (Lipinski definition) is 2. The van der Waals surface area contributed by atoms with Gasteiger partial charge in [0.1, 0.15) is 5.75 Å². The molecule has 1 atom stereocenters. The van der Waals surface area contributed by atoms with Crippen molar-refractivity contribution in [1.82, 2.24) is 0 Å². The molecule has 0 aromatic heterocycles. The lowest BCUT2D eigenvalue weighted by Crippen LogP contribution is -2.42. The third-order valence-electron chi connectivity index (χ3n) is 3.16. The van der Waals surface area contributed by atoms with Crippen LogP contribution in [-0.2, 0) is 0 Å². The molecule has 0 heterocycles. The number of methoxy groups -OCH3 is 1. The molecule has 0 saturated carbocycles. The molecular weight excluding hydrogens is 269 g/mol. The van der Waals surface area contributed by atoms with Crippen LogP contribution in [-0.4, -0.2) is 25.4 Å². The summed E-state index contributed by atoms with van der Waals surface area (Å²) in [5.74, 6) is 0.685. The molecule has 3 N–H and O–H groups in total. The number of nitrogens with one attached hydrogen (secondary N) is 1. The fourth-order valence-electron chi connectivity index (χ4n) is 1.94. The highest BCUT2D eigenvalue weighted by Gasteiger charge is 2.29. The Labute approximate surface area is 117 Å². The van der Waals surface area contributed by atoms with Crippen LogP contribution in [0.25, 0.3) is 0 Å². The van der Waals surface area contributed by atoms with E-state index in [1.165, 1.54) is 0 Å². The van der Waals surface area contributed by atoms with Crippen molar-refractivity contribution < 1.29 is 17.9 Å². The molecule has 20 heavy (non-hydrogen) atoms. The van der Waals surface area contributed by atoms with Crippen LogP contribution < -0.4 is 15.8 Å². The maximum atomic E-state index is 12.2. The smallest absolute Gasteiger partial charge is 0.389 e. The van der Waals surface area contributed by atoms with E-state index < -0.39 is 18.1 Å². The van der Waals surface area contributed by atoms with E-state index in [1.54, 1.807) is 19.2 Å². The van der Waals surface area contributed by atoms with Crippen LogP contribution in [0.3, 0.4) is 0 Å². The van der Waals surface area contributed by atoms with Crippen LogP contribution in [0.5, 0.6) is 5.75 Å². The minimum atomic E-state index is -4.12. The number of anilines is 1. The van der Waals surface area contributed by atoms with Gasteiger partial charge in [-0.15, -0.1) is 0 Å². The van der Waals surface area contributed by atoms with E-state index in [-0.39, 0.29) is 13.0 Å². The number of alkyl halides is 3. The van der Waals surface area contributed by atoms with Crippen molar-refractivity contribution in [2.75, 3.05) is 19.0 Å². The summed E-state index contributed by atoms with van der Waals surface area (Å²) in [5.41, 5.74) is 5.91. The Morgan fingerprint density at radius 2 is 1.95 bits per heavy atom. The number of benzene rings is 1. The van der Waals surface area contributed by atoms with Crippen LogP contribution in [0.4, 0.5) is 18.9 Å². The molecule has 0 aliphatic heterocycles. The monoisotopic (exact) mass is 290 g/mol. The predicted octanol–water partition coefficient (Wildman–Crippen LogP) is 3.56. The van der Waals surface area contributed by atoms with Gasteiger partial charge in [-0.2, -0.15) is 13.2 Å². The Hall–Kier alpha value is -1.43. The first kappa shape index (κ1) is 16.6. The van der Waals surface area contributed by atoms with Crippen LogP contribution in [0.15, 0.2) is 24.3 Å². The van der Waals surface area contributed by atoms with E-state index in [0.717, 1.165) is 5.69 Å². The fraction of sp³-hybridized carbons (Fsp3) is 0.571. The Kier molecular flexibility index (Phi) is 5.68. The summed E-state index contributed by atoms with van der Waals surface area (Å²) in [5, 5.41) is 3.19. The van der Waals surface area contributed by atoms with Crippen molar-refractivity contribution in [3.8, 4) is 5.75 Å². The molecule has 3 nitrogen and oxygen atoms in total. The number of nitrogens with two attached hydrogens (primary N) is 1. The summed E-state index contributed by atoms with van der Waals surface area (Å²) in [6.45, 7) is 2.07. The lowest BCUT2D eigenvalue weighted by Gasteiger charge is -2.31. The normalized spacial score (nSPS) is 14.7. The van der Waals surface area contributed by atoms with Gasteiger partial charge in [0.15, 0.2) is 0 Å². The highest BCUT2D eigenvalue weighted by Crippen LogP contribution is 2.27. The zero-order valence-corrected chi connectivity index (χ0v) is 11.8. The Balaban J connectivity index is 2.63. The van der Waals surface area contributed by atoms with Crippen molar-refractivity contribution in [1.29, 1.82) is 0 Å². The first-order valence-corrected chi connectivity index (χ1v) is 6.47. The van der Waals surface area contributed by atoms with Gasteiger partial charge in [-0.3, -0.25) is 0 Å². The van der Waals surface area contributed by atoms with Gasteiger partial charge in [-0.1, -0.05) is 6.07 Å². The molecule has 114 valence electrons. The molecule has 1 unspecified atom stereocenters. The number of halogens is 3. The van der Waals surface area contributed by atoms with Gasteiger partial charge >= 0.3 is 6.18 Å². The lowest BCUT2D eigenvalue weighted by molar-refractivity contribution is -0.136. The predicted molar refractivity (Wildman–Crippen MR) is 74.0 cm³/mol. The molecule has 0 saturated heterocycles. The molecule has 0 fully saturated rings. The van der Waals surface area contributed by atoms with Crippen LogP contribution >= 0.6 is 0 Å². The van der Waals surface area contributed by atoms with Crippen LogP contribution in [0.1, 0.15) is 26.2 Å². The Morgan fingerprint density at radius 1 is 1.25 bits per heavy atom. The Morgan fingerprint density at radius 3 is 2.50 bits per heavy atom. The van der Waals surface area contributed by atoms with E-state index in [2.05, 4.69) is 5.32 Å². The van der Waals surface area contributed by atoms with E-state index in [1.807, 2.05) is 19.1 Å². The molecule has 0 aliphatic rings. The second-order valence-corrected chi connectivity index (χ2v) is 5.09. The van der Waals surface area contributed by atoms with Gasteiger partial charge in [0, 0.05) is 30.3 Å². The highest BCUT2D eigenvalue weighted by atomic mass is 19.4. The van der Waals surface area contributed by atoms with Crippen molar-refractivity contribution in [3.63, 3.8) is 0 Å². The third-order valence-corrected chi connectivity index (χ3v) is 3.16. The molecule has 1 rings (SSSR count). The summed E-state index contributed by atoms with van der Waals surface area (Å²) < 4.78 is 41.7. The van der Waals surface area contributed by atoms with Crippen molar-refractivity contribution >= 4 is 5.69 Å². The molecular formula is C14H21F3N2O. The summed E-state index contributed by atoms with van der Waals surface area (Å²) in [4.78, 5) is 0. The quantitative estimate of drug-likeness (QED) is 0.807.